The zero-order valence-corrected chi connectivity index (χ0v) is 17.7. The maximum absolute atomic E-state index is 10.4. The van der Waals surface area contributed by atoms with Gasteiger partial charge in [-0.1, -0.05) is 17.7 Å². The fraction of sp³-hybridized carbons (Fsp3) is 0.350. The maximum Gasteiger partial charge on any atom is 0.191 e. The van der Waals surface area contributed by atoms with Crippen LogP contribution in [0.2, 0.25) is 5.02 Å². The van der Waals surface area contributed by atoms with E-state index in [0.717, 1.165) is 16.4 Å². The third-order valence-corrected chi connectivity index (χ3v) is 5.29. The first-order valence-corrected chi connectivity index (χ1v) is 10.0. The molecule has 0 aliphatic heterocycles. The van der Waals surface area contributed by atoms with E-state index in [0.29, 0.717) is 27.6 Å². The summed E-state index contributed by atoms with van der Waals surface area (Å²) >= 11 is 8.12. The van der Waals surface area contributed by atoms with Crippen LogP contribution < -0.4 is 10.1 Å². The lowest BCUT2D eigenvalue weighted by Gasteiger charge is -2.16. The molecule has 6 nitrogen and oxygen atoms in total. The summed E-state index contributed by atoms with van der Waals surface area (Å²) in [6.45, 7) is 4.28. The van der Waals surface area contributed by atoms with Gasteiger partial charge in [0.2, 0.25) is 0 Å². The predicted octanol–water partition coefficient (Wildman–Crippen LogP) is 5.14. The minimum Gasteiger partial charge on any atom is -0.507 e. The van der Waals surface area contributed by atoms with Crippen molar-refractivity contribution in [1.29, 1.82) is 0 Å². The molecule has 3 aromatic rings. The van der Waals surface area contributed by atoms with Crippen molar-refractivity contribution in [1.82, 2.24) is 4.98 Å². The van der Waals surface area contributed by atoms with Gasteiger partial charge in [0.1, 0.15) is 18.1 Å². The summed E-state index contributed by atoms with van der Waals surface area (Å²) in [5.41, 5.74) is 1.75. The van der Waals surface area contributed by atoms with Crippen LogP contribution in [0.5, 0.6) is 11.5 Å². The van der Waals surface area contributed by atoms with Crippen molar-refractivity contribution in [3.8, 4) is 22.8 Å². The molecule has 28 heavy (non-hydrogen) atoms. The number of phenolic OH excluding ortho intramolecular Hbond substituents is 1. The monoisotopic (exact) mass is 422 g/mol. The molecule has 0 bridgehead atoms. The maximum atomic E-state index is 10.4. The molecule has 1 heterocycles. The number of methoxy groups -OCH3 is 2. The average Bonchev–Trinajstić information content (AvgIpc) is 3.13. The van der Waals surface area contributed by atoms with Crippen LogP contribution in [0.15, 0.2) is 29.6 Å². The lowest BCUT2D eigenvalue weighted by Crippen LogP contribution is -2.22. The van der Waals surface area contributed by atoms with Gasteiger partial charge >= 0.3 is 0 Å². The Kier molecular flexibility index (Phi) is 6.61. The second-order valence-corrected chi connectivity index (χ2v) is 7.75. The van der Waals surface area contributed by atoms with Crippen LogP contribution in [0.25, 0.3) is 22.0 Å². The summed E-state index contributed by atoms with van der Waals surface area (Å²) in [5.74, 6) is 0.455. The molecule has 0 saturated carbocycles. The third-order valence-electron chi connectivity index (χ3n) is 4.13. The molecule has 2 N–H and O–H groups in total. The Labute approximate surface area is 173 Å². The number of anilines is 1. The predicted molar refractivity (Wildman–Crippen MR) is 114 cm³/mol. The number of phenols is 1. The molecule has 150 valence electrons. The van der Waals surface area contributed by atoms with E-state index in [1.54, 1.807) is 11.3 Å². The normalized spacial score (nSPS) is 11.5. The first-order chi connectivity index (χ1) is 13.4. The highest BCUT2D eigenvalue weighted by Crippen LogP contribution is 2.40. The van der Waals surface area contributed by atoms with Crippen LogP contribution in [0, 0.1) is 0 Å². The molecule has 8 heteroatoms. The Morgan fingerprint density at radius 1 is 1.18 bits per heavy atom. The molecule has 0 amide bonds. The average molecular weight is 423 g/mol. The summed E-state index contributed by atoms with van der Waals surface area (Å²) in [4.78, 5) is 4.62. The minimum absolute atomic E-state index is 0.0905. The SMILES string of the molecule is COC(COc1cc(O)c2ccc(-c3csc(NC(C)C)n3)cc2c1Cl)OC. The Morgan fingerprint density at radius 3 is 2.61 bits per heavy atom. The van der Waals surface area contributed by atoms with E-state index < -0.39 is 6.29 Å². The summed E-state index contributed by atoms with van der Waals surface area (Å²) in [6.07, 6.45) is -0.526. The zero-order valence-electron chi connectivity index (χ0n) is 16.2. The van der Waals surface area contributed by atoms with Gasteiger partial charge in [0, 0.05) is 48.0 Å². The summed E-state index contributed by atoms with van der Waals surface area (Å²) in [5, 5.41) is 18.3. The Bertz CT molecular complexity index is 957. The van der Waals surface area contributed by atoms with E-state index in [1.165, 1.54) is 20.3 Å². The smallest absolute Gasteiger partial charge is 0.191 e. The molecule has 0 aliphatic carbocycles. The van der Waals surface area contributed by atoms with Gasteiger partial charge in [-0.15, -0.1) is 11.3 Å². The van der Waals surface area contributed by atoms with Gasteiger partial charge in [-0.05, 0) is 26.0 Å². The molecule has 2 aromatic carbocycles. The van der Waals surface area contributed by atoms with Crippen molar-refractivity contribution >= 4 is 38.8 Å². The van der Waals surface area contributed by atoms with Crippen molar-refractivity contribution in [3.63, 3.8) is 0 Å². The Balaban J connectivity index is 1.95. The van der Waals surface area contributed by atoms with Crippen molar-refractivity contribution in [2.24, 2.45) is 0 Å². The quantitative estimate of drug-likeness (QED) is 0.489. The number of hydrogen-bond donors (Lipinski definition) is 2. The third kappa shape index (κ3) is 4.50. The lowest BCUT2D eigenvalue weighted by molar-refractivity contribution is -0.121. The van der Waals surface area contributed by atoms with Crippen LogP contribution in [0.1, 0.15) is 13.8 Å². The number of halogens is 1. The number of hydrogen-bond acceptors (Lipinski definition) is 7. The number of nitrogens with zero attached hydrogens (tertiary/aromatic N) is 1. The van der Waals surface area contributed by atoms with Crippen LogP contribution in [-0.4, -0.2) is 43.2 Å². The Morgan fingerprint density at radius 2 is 1.93 bits per heavy atom. The van der Waals surface area contributed by atoms with Gasteiger partial charge in [-0.3, -0.25) is 0 Å². The van der Waals surface area contributed by atoms with E-state index in [-0.39, 0.29) is 12.4 Å². The number of rotatable bonds is 8. The van der Waals surface area contributed by atoms with E-state index >= 15 is 0 Å². The molecule has 1 aromatic heterocycles. The molecule has 0 saturated heterocycles. The molecule has 0 atom stereocenters. The van der Waals surface area contributed by atoms with Crippen molar-refractivity contribution in [2.45, 2.75) is 26.2 Å². The Hall–Kier alpha value is -2.06. The highest BCUT2D eigenvalue weighted by atomic mass is 35.5. The number of benzene rings is 2. The molecule has 0 radical (unpaired) electrons. The largest absolute Gasteiger partial charge is 0.507 e. The highest BCUT2D eigenvalue weighted by molar-refractivity contribution is 7.14. The summed E-state index contributed by atoms with van der Waals surface area (Å²) in [7, 11) is 3.05. The first kappa shape index (κ1) is 20.7. The van der Waals surface area contributed by atoms with Gasteiger partial charge < -0.3 is 24.6 Å². The number of ether oxygens (including phenoxy) is 3. The van der Waals surface area contributed by atoms with E-state index in [4.69, 9.17) is 25.8 Å². The number of nitrogens with one attached hydrogen (secondary N) is 1. The number of aromatic hydroxyl groups is 1. The van der Waals surface area contributed by atoms with Crippen LogP contribution in [0.4, 0.5) is 5.13 Å². The summed E-state index contributed by atoms with van der Waals surface area (Å²) < 4.78 is 15.9. The van der Waals surface area contributed by atoms with E-state index in [1.807, 2.05) is 23.6 Å². The fourth-order valence-electron chi connectivity index (χ4n) is 2.72. The molecule has 0 fully saturated rings. The van der Waals surface area contributed by atoms with Crippen LogP contribution in [0.3, 0.4) is 0 Å². The van der Waals surface area contributed by atoms with Gasteiger partial charge in [-0.25, -0.2) is 4.98 Å². The fourth-order valence-corrected chi connectivity index (χ4v) is 3.85. The second kappa shape index (κ2) is 8.96. The van der Waals surface area contributed by atoms with Gasteiger partial charge in [0.15, 0.2) is 11.4 Å². The standard InChI is InChI=1S/C20H23ClN2O4S/c1-11(2)22-20-23-15(10-28-20)12-5-6-13-14(7-12)19(21)17(8-16(13)24)27-9-18(25-3)26-4/h5-8,10-11,18,24H,9H2,1-4H3,(H,22,23). The van der Waals surface area contributed by atoms with Crippen LogP contribution in [-0.2, 0) is 9.47 Å². The highest BCUT2D eigenvalue weighted by Gasteiger charge is 2.15. The van der Waals surface area contributed by atoms with Crippen molar-refractivity contribution < 1.29 is 19.3 Å². The molecule has 3 rings (SSSR count). The van der Waals surface area contributed by atoms with Crippen LogP contribution >= 0.6 is 22.9 Å². The zero-order chi connectivity index (χ0) is 20.3. The van der Waals surface area contributed by atoms with E-state index in [9.17, 15) is 5.11 Å². The van der Waals surface area contributed by atoms with Crippen molar-refractivity contribution in [3.05, 3.63) is 34.7 Å². The van der Waals surface area contributed by atoms with Gasteiger partial charge in [0.25, 0.3) is 0 Å². The molecular weight excluding hydrogens is 400 g/mol. The summed E-state index contributed by atoms with van der Waals surface area (Å²) in [6, 6.07) is 7.46. The topological polar surface area (TPSA) is 72.8 Å². The number of thiazole rings is 1. The second-order valence-electron chi connectivity index (χ2n) is 6.52. The number of aromatic nitrogens is 1. The molecule has 0 aliphatic rings. The van der Waals surface area contributed by atoms with Gasteiger partial charge in [-0.2, -0.15) is 0 Å². The minimum atomic E-state index is -0.526. The van der Waals surface area contributed by atoms with E-state index in [2.05, 4.69) is 24.1 Å². The molecular formula is C20H23ClN2O4S. The number of fused-ring (bicyclic) bond motifs is 1. The molecule has 0 unspecified atom stereocenters. The lowest BCUT2D eigenvalue weighted by atomic mass is 10.0. The van der Waals surface area contributed by atoms with Gasteiger partial charge in [0.05, 0.1) is 10.7 Å². The first-order valence-electron chi connectivity index (χ1n) is 8.79. The molecule has 0 spiro atoms. The van der Waals surface area contributed by atoms with Crippen molar-refractivity contribution in [2.75, 3.05) is 26.1 Å².